The molecule has 1 atom stereocenters. The standard InChI is InChI=1S/C20H21ClO6/c1-4-8-26-19-14(21)10-13(11-17(19)25-5-2)6-7-15(22)18-16(23)9-12(3)27-20(18)24/h6-7,9-11,18H,4-5,8H2,1-3H3/b7-6+. The van der Waals surface area contributed by atoms with Crippen molar-refractivity contribution in [3.8, 4) is 11.5 Å². The van der Waals surface area contributed by atoms with Gasteiger partial charge in [-0.25, -0.2) is 0 Å². The molecular weight excluding hydrogens is 372 g/mol. The quantitative estimate of drug-likeness (QED) is 0.381. The smallest absolute Gasteiger partial charge is 0.329 e. The Morgan fingerprint density at radius 1 is 1.26 bits per heavy atom. The van der Waals surface area contributed by atoms with Gasteiger partial charge in [0.05, 0.1) is 18.2 Å². The second-order valence-corrected chi connectivity index (χ2v) is 6.27. The Labute approximate surface area is 162 Å². The summed E-state index contributed by atoms with van der Waals surface area (Å²) in [4.78, 5) is 36.0. The van der Waals surface area contributed by atoms with Gasteiger partial charge in [0, 0.05) is 6.08 Å². The Kier molecular flexibility index (Phi) is 7.19. The van der Waals surface area contributed by atoms with E-state index in [0.29, 0.717) is 35.3 Å². The summed E-state index contributed by atoms with van der Waals surface area (Å²) in [5, 5.41) is 0.341. The summed E-state index contributed by atoms with van der Waals surface area (Å²) in [6.45, 7) is 6.20. The van der Waals surface area contributed by atoms with Crippen molar-refractivity contribution in [3.63, 3.8) is 0 Å². The Morgan fingerprint density at radius 2 is 2.00 bits per heavy atom. The molecule has 0 aromatic heterocycles. The van der Waals surface area contributed by atoms with Gasteiger partial charge in [0.1, 0.15) is 5.76 Å². The number of halogens is 1. The van der Waals surface area contributed by atoms with Crippen LogP contribution in [0.3, 0.4) is 0 Å². The molecule has 1 aromatic carbocycles. The minimum atomic E-state index is -1.47. The van der Waals surface area contributed by atoms with Crippen LogP contribution in [-0.4, -0.2) is 30.7 Å². The van der Waals surface area contributed by atoms with E-state index in [4.69, 9.17) is 25.8 Å². The number of carbonyl (C=O) groups is 3. The zero-order valence-electron chi connectivity index (χ0n) is 15.4. The second-order valence-electron chi connectivity index (χ2n) is 5.86. The lowest BCUT2D eigenvalue weighted by Crippen LogP contribution is -2.34. The van der Waals surface area contributed by atoms with Gasteiger partial charge in [-0.15, -0.1) is 0 Å². The summed E-state index contributed by atoms with van der Waals surface area (Å²) in [5.74, 6) is -2.52. The van der Waals surface area contributed by atoms with E-state index in [1.807, 2.05) is 13.8 Å². The lowest BCUT2D eigenvalue weighted by molar-refractivity contribution is -0.151. The third-order valence-electron chi connectivity index (χ3n) is 3.63. The molecule has 1 aliphatic heterocycles. The van der Waals surface area contributed by atoms with Crippen molar-refractivity contribution in [2.24, 2.45) is 5.92 Å². The largest absolute Gasteiger partial charge is 0.490 e. The highest BCUT2D eigenvalue weighted by molar-refractivity contribution is 6.32. The van der Waals surface area contributed by atoms with E-state index < -0.39 is 23.5 Å². The number of hydrogen-bond donors (Lipinski definition) is 0. The van der Waals surface area contributed by atoms with Crippen LogP contribution in [0.2, 0.25) is 5.02 Å². The molecule has 7 heteroatoms. The van der Waals surface area contributed by atoms with E-state index in [0.717, 1.165) is 18.6 Å². The fourth-order valence-corrected chi connectivity index (χ4v) is 2.74. The zero-order valence-corrected chi connectivity index (χ0v) is 16.2. The van der Waals surface area contributed by atoms with Gasteiger partial charge in [-0.05, 0) is 44.0 Å². The first-order valence-corrected chi connectivity index (χ1v) is 9.00. The van der Waals surface area contributed by atoms with Gasteiger partial charge in [0.15, 0.2) is 29.0 Å². The summed E-state index contributed by atoms with van der Waals surface area (Å²) in [5.41, 5.74) is 0.573. The highest BCUT2D eigenvalue weighted by atomic mass is 35.5. The van der Waals surface area contributed by atoms with E-state index in [9.17, 15) is 14.4 Å². The average Bonchev–Trinajstić information content (AvgIpc) is 2.58. The number of benzene rings is 1. The van der Waals surface area contributed by atoms with E-state index in [-0.39, 0.29) is 5.76 Å². The molecule has 0 aliphatic carbocycles. The minimum absolute atomic E-state index is 0.175. The highest BCUT2D eigenvalue weighted by Gasteiger charge is 2.36. The summed E-state index contributed by atoms with van der Waals surface area (Å²) in [7, 11) is 0. The van der Waals surface area contributed by atoms with Crippen LogP contribution in [-0.2, 0) is 19.1 Å². The Bertz CT molecular complexity index is 809. The number of hydrogen-bond acceptors (Lipinski definition) is 6. The monoisotopic (exact) mass is 392 g/mol. The first-order chi connectivity index (χ1) is 12.9. The van der Waals surface area contributed by atoms with Crippen LogP contribution in [0.1, 0.15) is 32.8 Å². The number of cyclic esters (lactones) is 1. The van der Waals surface area contributed by atoms with Crippen LogP contribution in [0.25, 0.3) is 6.08 Å². The maximum absolute atomic E-state index is 12.3. The SMILES string of the molecule is CCCOc1c(Cl)cc(/C=C/C(=O)C2C(=O)C=C(C)OC2=O)cc1OCC. The molecular formula is C20H21ClO6. The molecule has 0 fully saturated rings. The van der Waals surface area contributed by atoms with Crippen molar-refractivity contribution in [2.75, 3.05) is 13.2 Å². The lowest BCUT2D eigenvalue weighted by Gasteiger charge is -2.16. The van der Waals surface area contributed by atoms with Gasteiger partial charge in [-0.2, -0.15) is 0 Å². The Hall–Kier alpha value is -2.60. The molecule has 0 radical (unpaired) electrons. The van der Waals surface area contributed by atoms with Crippen LogP contribution in [0.4, 0.5) is 0 Å². The molecule has 0 saturated carbocycles. The van der Waals surface area contributed by atoms with Crippen molar-refractivity contribution in [1.82, 2.24) is 0 Å². The predicted octanol–water partition coefficient (Wildman–Crippen LogP) is 3.76. The van der Waals surface area contributed by atoms with Crippen molar-refractivity contribution in [3.05, 3.63) is 40.6 Å². The van der Waals surface area contributed by atoms with Crippen molar-refractivity contribution in [1.29, 1.82) is 0 Å². The number of rotatable bonds is 8. The first-order valence-electron chi connectivity index (χ1n) is 8.62. The van der Waals surface area contributed by atoms with Crippen LogP contribution in [0.15, 0.2) is 30.0 Å². The van der Waals surface area contributed by atoms with Gasteiger partial charge in [-0.3, -0.25) is 14.4 Å². The number of carbonyl (C=O) groups excluding carboxylic acids is 3. The van der Waals surface area contributed by atoms with Crippen LogP contribution >= 0.6 is 11.6 Å². The van der Waals surface area contributed by atoms with Gasteiger partial charge in [0.25, 0.3) is 0 Å². The van der Waals surface area contributed by atoms with Crippen LogP contribution in [0.5, 0.6) is 11.5 Å². The maximum Gasteiger partial charge on any atom is 0.329 e. The fourth-order valence-electron chi connectivity index (χ4n) is 2.47. The summed E-state index contributed by atoms with van der Waals surface area (Å²) >= 11 is 6.27. The number of ketones is 2. The number of ether oxygens (including phenoxy) is 3. The molecule has 6 nitrogen and oxygen atoms in total. The highest BCUT2D eigenvalue weighted by Crippen LogP contribution is 2.37. The summed E-state index contributed by atoms with van der Waals surface area (Å²) in [6, 6.07) is 3.29. The average molecular weight is 393 g/mol. The lowest BCUT2D eigenvalue weighted by atomic mass is 9.96. The molecule has 1 unspecified atom stereocenters. The zero-order chi connectivity index (χ0) is 20.0. The molecule has 1 aromatic rings. The fraction of sp³-hybridized carbons (Fsp3) is 0.350. The minimum Gasteiger partial charge on any atom is -0.490 e. The topological polar surface area (TPSA) is 78.9 Å². The third-order valence-corrected chi connectivity index (χ3v) is 3.91. The number of esters is 1. The number of allylic oxidation sites excluding steroid dienone is 3. The van der Waals surface area contributed by atoms with E-state index in [1.54, 1.807) is 12.1 Å². The van der Waals surface area contributed by atoms with E-state index >= 15 is 0 Å². The van der Waals surface area contributed by atoms with Gasteiger partial charge in [-0.1, -0.05) is 24.6 Å². The predicted molar refractivity (Wildman–Crippen MR) is 101 cm³/mol. The van der Waals surface area contributed by atoms with E-state index in [1.165, 1.54) is 13.0 Å². The van der Waals surface area contributed by atoms with Gasteiger partial charge >= 0.3 is 5.97 Å². The molecule has 1 aliphatic rings. The van der Waals surface area contributed by atoms with E-state index in [2.05, 4.69) is 0 Å². The normalized spacial score (nSPS) is 16.9. The van der Waals surface area contributed by atoms with Gasteiger partial charge in [0.2, 0.25) is 0 Å². The molecule has 0 spiro atoms. The second kappa shape index (κ2) is 9.37. The van der Waals surface area contributed by atoms with Crippen molar-refractivity contribution in [2.45, 2.75) is 27.2 Å². The van der Waals surface area contributed by atoms with Crippen molar-refractivity contribution >= 4 is 35.2 Å². The molecule has 0 bridgehead atoms. The molecule has 0 amide bonds. The Balaban J connectivity index is 2.24. The molecule has 0 saturated heterocycles. The molecule has 2 rings (SSSR count). The van der Waals surface area contributed by atoms with Crippen LogP contribution in [0, 0.1) is 5.92 Å². The summed E-state index contributed by atoms with van der Waals surface area (Å²) < 4.78 is 16.0. The van der Waals surface area contributed by atoms with Gasteiger partial charge < -0.3 is 14.2 Å². The van der Waals surface area contributed by atoms with Crippen LogP contribution < -0.4 is 9.47 Å². The first kappa shape index (κ1) is 20.7. The Morgan fingerprint density at radius 3 is 2.63 bits per heavy atom. The molecule has 144 valence electrons. The molecule has 1 heterocycles. The molecule has 0 N–H and O–H groups in total. The summed E-state index contributed by atoms with van der Waals surface area (Å²) in [6.07, 6.45) is 4.58. The molecule has 27 heavy (non-hydrogen) atoms. The van der Waals surface area contributed by atoms with Crippen molar-refractivity contribution < 1.29 is 28.6 Å². The maximum atomic E-state index is 12.3. The third kappa shape index (κ3) is 5.20.